The van der Waals surface area contributed by atoms with E-state index >= 15 is 0 Å². The van der Waals surface area contributed by atoms with Crippen molar-refractivity contribution in [2.45, 2.75) is 45.6 Å². The maximum absolute atomic E-state index is 9.78. The Morgan fingerprint density at radius 1 is 1.19 bits per heavy atom. The minimum Gasteiger partial charge on any atom is -0.460 e. The van der Waals surface area contributed by atoms with Gasteiger partial charge < -0.3 is 37.5 Å². The van der Waals surface area contributed by atoms with Crippen molar-refractivity contribution in [1.29, 1.82) is 0 Å². The second-order valence-corrected chi connectivity index (χ2v) is 12.6. The number of hydrogen-bond donors (Lipinski definition) is 4. The van der Waals surface area contributed by atoms with Gasteiger partial charge in [0.2, 0.25) is 0 Å². The lowest BCUT2D eigenvalue weighted by atomic mass is 9.90. The Kier molecular flexibility index (Phi) is 22.2. The highest BCUT2D eigenvalue weighted by Crippen LogP contribution is 2.42. The van der Waals surface area contributed by atoms with Crippen molar-refractivity contribution in [2.24, 2.45) is 5.92 Å². The van der Waals surface area contributed by atoms with Gasteiger partial charge >= 0.3 is 8.60 Å². The molecule has 11 nitrogen and oxygen atoms in total. The predicted molar refractivity (Wildman–Crippen MR) is 135 cm³/mol. The summed E-state index contributed by atoms with van der Waals surface area (Å²) in [4.78, 5) is 0. The first-order valence-corrected chi connectivity index (χ1v) is 15.9. The summed E-state index contributed by atoms with van der Waals surface area (Å²) in [5, 5.41) is 37.1. The van der Waals surface area contributed by atoms with Gasteiger partial charge in [0.25, 0.3) is 0 Å². The molecule has 0 radical (unpaired) electrons. The average molecular weight is 600 g/mol. The zero-order chi connectivity index (χ0) is 22.7. The molecule has 7 atom stereocenters. The second-order valence-electron chi connectivity index (χ2n) is 5.57. The third kappa shape index (κ3) is 12.1. The first-order chi connectivity index (χ1) is 14.3. The molecule has 32 heavy (non-hydrogen) atoms. The molecule has 0 bridgehead atoms. The lowest BCUT2D eigenvalue weighted by Gasteiger charge is -2.46. The Bertz CT molecular complexity index is 577. The molecule has 0 aliphatic carbocycles. The van der Waals surface area contributed by atoms with Crippen molar-refractivity contribution in [1.82, 2.24) is 0 Å². The molecular formula is C14H32O11PS6-. The predicted octanol–water partition coefficient (Wildman–Crippen LogP) is 0.842. The summed E-state index contributed by atoms with van der Waals surface area (Å²) in [5.74, 6) is -0.654. The number of aliphatic hydroxyl groups excluding tert-OH is 3. The number of ether oxygens (including phenoxy) is 1. The molecule has 196 valence electrons. The summed E-state index contributed by atoms with van der Waals surface area (Å²) in [6.07, 6.45) is -1.11. The first kappa shape index (κ1) is 35.9. The highest BCUT2D eigenvalue weighted by atomic mass is 33.1. The number of hydrogen-bond acceptors (Lipinski definition) is 16. The summed E-state index contributed by atoms with van der Waals surface area (Å²) < 4.78 is 37.6. The van der Waals surface area contributed by atoms with E-state index in [2.05, 4.69) is 4.67 Å². The Labute approximate surface area is 213 Å². The van der Waals surface area contributed by atoms with E-state index < -0.39 is 83.1 Å². The molecule has 4 N–H and O–H groups in total. The highest BCUT2D eigenvalue weighted by molar-refractivity contribution is 8.44. The van der Waals surface area contributed by atoms with Crippen molar-refractivity contribution < 1.29 is 51.6 Å². The van der Waals surface area contributed by atoms with Gasteiger partial charge in [-0.1, -0.05) is 14.9 Å². The number of rotatable bonds is 15. The minimum atomic E-state index is -2.35. The molecule has 1 saturated heterocycles. The van der Waals surface area contributed by atoms with Crippen molar-refractivity contribution in [3.8, 4) is 0 Å². The Morgan fingerprint density at radius 3 is 2.25 bits per heavy atom. The van der Waals surface area contributed by atoms with Crippen molar-refractivity contribution in [3.63, 3.8) is 0 Å². The summed E-state index contributed by atoms with van der Waals surface area (Å²) in [6, 6.07) is 0. The van der Waals surface area contributed by atoms with Gasteiger partial charge in [-0.25, -0.2) is 35.9 Å². The summed E-state index contributed by atoms with van der Waals surface area (Å²) >= 11 is 16.1. The summed E-state index contributed by atoms with van der Waals surface area (Å²) in [5.41, 5.74) is 0. The molecule has 0 aromatic heterocycles. The smallest absolute Gasteiger partial charge is 0.363 e. The van der Waals surface area contributed by atoms with E-state index in [1.54, 1.807) is 12.5 Å². The van der Waals surface area contributed by atoms with Crippen LogP contribution in [0.4, 0.5) is 0 Å². The van der Waals surface area contributed by atoms with Crippen LogP contribution in [0.25, 0.3) is 0 Å². The molecule has 0 aromatic rings. The Morgan fingerprint density at radius 2 is 1.81 bits per heavy atom. The van der Waals surface area contributed by atoms with Gasteiger partial charge in [0.05, 0.1) is 32.5 Å². The van der Waals surface area contributed by atoms with Crippen LogP contribution in [0.5, 0.6) is 0 Å². The molecule has 0 amide bonds. The maximum Gasteiger partial charge on any atom is 0.363 e. The molecule has 0 spiro atoms. The zero-order valence-corrected chi connectivity index (χ0v) is 21.6. The topological polar surface area (TPSA) is 146 Å². The van der Waals surface area contributed by atoms with Gasteiger partial charge in [0.15, 0.2) is 6.29 Å². The third-order valence-corrected chi connectivity index (χ3v) is 6.60. The van der Waals surface area contributed by atoms with E-state index in [4.69, 9.17) is 75.4 Å². The van der Waals surface area contributed by atoms with Crippen LogP contribution in [-0.2, 0) is 82.6 Å². The SMILES string of the molecule is C.C.CSOC1C(CO)OC(OS(C)=S)C(O[S-](=S)=S)C1COP(OO)OC(CO)CO. The van der Waals surface area contributed by atoms with Gasteiger partial charge in [-0.05, 0) is 23.2 Å². The van der Waals surface area contributed by atoms with Crippen LogP contribution in [0.1, 0.15) is 14.9 Å². The van der Waals surface area contributed by atoms with Crippen molar-refractivity contribution >= 4 is 72.2 Å². The van der Waals surface area contributed by atoms with Gasteiger partial charge in [-0.3, -0.25) is 4.18 Å². The Balaban J connectivity index is 0. The third-order valence-electron chi connectivity index (χ3n) is 3.68. The molecule has 1 rings (SSSR count). The van der Waals surface area contributed by atoms with Crippen molar-refractivity contribution in [2.75, 3.05) is 38.9 Å². The molecule has 1 aliphatic rings. The van der Waals surface area contributed by atoms with E-state index in [0.29, 0.717) is 0 Å². The molecular weight excluding hydrogens is 568 g/mol. The molecule has 1 fully saturated rings. The van der Waals surface area contributed by atoms with Crippen LogP contribution in [-0.4, -0.2) is 90.2 Å². The lowest BCUT2D eigenvalue weighted by Crippen LogP contribution is -2.58. The van der Waals surface area contributed by atoms with Crippen molar-refractivity contribution in [3.05, 3.63) is 0 Å². The van der Waals surface area contributed by atoms with E-state index in [1.807, 2.05) is 0 Å². The molecule has 18 heteroatoms. The summed E-state index contributed by atoms with van der Waals surface area (Å²) in [6.45, 7) is -1.60. The summed E-state index contributed by atoms with van der Waals surface area (Å²) in [7, 11) is -4.57. The highest BCUT2D eigenvalue weighted by Gasteiger charge is 2.48. The fraction of sp³-hybridized carbons (Fsp3) is 1.00. The second kappa shape index (κ2) is 19.8. The molecule has 7 unspecified atom stereocenters. The van der Waals surface area contributed by atoms with Gasteiger partial charge in [0.1, 0.15) is 18.3 Å². The van der Waals surface area contributed by atoms with Crippen LogP contribution in [0.2, 0.25) is 0 Å². The van der Waals surface area contributed by atoms with Gasteiger partial charge in [-0.2, -0.15) is 4.67 Å². The van der Waals surface area contributed by atoms with E-state index in [0.717, 1.165) is 12.0 Å². The van der Waals surface area contributed by atoms with Crippen LogP contribution >= 0.6 is 20.6 Å². The normalized spacial score (nSPS) is 27.6. The molecule has 1 heterocycles. The lowest BCUT2D eigenvalue weighted by molar-refractivity contribution is -0.249. The van der Waals surface area contributed by atoms with Crippen LogP contribution in [0, 0.1) is 5.92 Å². The first-order valence-electron chi connectivity index (χ1n) is 8.16. The largest absolute Gasteiger partial charge is 0.460 e. The standard InChI is InChI=1S/C12H24O11PS6.2CH4/c1-28-20-10-8(6-17-24(23-16)19-7(3-13)4-14)11(21-30(26)27)12(22-29(2)25)18-9(10)5-15;;/h7-16H,3-6H2,1-2H3;2*1H4/q-1;;. The van der Waals surface area contributed by atoms with Crippen LogP contribution in [0.3, 0.4) is 0 Å². The average Bonchev–Trinajstić information content (AvgIpc) is 2.70. The quantitative estimate of drug-likeness (QED) is 0.0693. The monoisotopic (exact) mass is 599 g/mol. The maximum atomic E-state index is 9.78. The van der Waals surface area contributed by atoms with Crippen LogP contribution < -0.4 is 0 Å². The van der Waals surface area contributed by atoms with E-state index in [-0.39, 0.29) is 21.5 Å². The van der Waals surface area contributed by atoms with Crippen LogP contribution in [0.15, 0.2) is 0 Å². The van der Waals surface area contributed by atoms with Gasteiger partial charge in [-0.15, -0.1) is 0 Å². The molecule has 1 aliphatic heterocycles. The minimum absolute atomic E-state index is 0. The Hall–Kier alpha value is 1.70. The fourth-order valence-corrected chi connectivity index (χ4v) is 5.38. The molecule has 0 aromatic carbocycles. The zero-order valence-electron chi connectivity index (χ0n) is 15.8. The van der Waals surface area contributed by atoms with E-state index in [1.165, 1.54) is 0 Å². The molecule has 0 saturated carbocycles. The fourth-order valence-electron chi connectivity index (χ4n) is 2.46. The van der Waals surface area contributed by atoms with Gasteiger partial charge in [0, 0.05) is 28.2 Å². The number of aliphatic hydroxyl groups is 3. The van der Waals surface area contributed by atoms with E-state index in [9.17, 15) is 5.11 Å².